The normalized spacial score (nSPS) is 17.5. The molecule has 4 rings (SSSR count). The molecule has 0 aliphatic carbocycles. The number of methoxy groups -OCH3 is 1. The first-order chi connectivity index (χ1) is 16.2. The van der Waals surface area contributed by atoms with Crippen LogP contribution in [0.1, 0.15) is 55.3 Å². The summed E-state index contributed by atoms with van der Waals surface area (Å²) < 4.78 is 47.9. The summed E-state index contributed by atoms with van der Waals surface area (Å²) in [5.41, 5.74) is 1.45. The molecule has 0 amide bonds. The molecule has 1 aliphatic rings. The van der Waals surface area contributed by atoms with Gasteiger partial charge in [0.2, 0.25) is 5.82 Å². The van der Waals surface area contributed by atoms with Gasteiger partial charge in [0.15, 0.2) is 5.82 Å². The van der Waals surface area contributed by atoms with Crippen LogP contribution in [0.2, 0.25) is 5.02 Å². The van der Waals surface area contributed by atoms with E-state index in [-0.39, 0.29) is 18.9 Å². The van der Waals surface area contributed by atoms with E-state index in [9.17, 15) is 13.6 Å². The minimum absolute atomic E-state index is 0.0645. The van der Waals surface area contributed by atoms with E-state index < -0.39 is 29.9 Å². The Morgan fingerprint density at radius 3 is 2.71 bits per heavy atom. The van der Waals surface area contributed by atoms with Gasteiger partial charge in [-0.2, -0.15) is 8.78 Å². The van der Waals surface area contributed by atoms with Crippen LogP contribution in [-0.2, 0) is 20.2 Å². The highest BCUT2D eigenvalue weighted by Gasteiger charge is 2.41. The zero-order chi connectivity index (χ0) is 24.6. The standard InChI is InChI=1S/C23H21BrClF2N3O4/c1-4-33-18(31)11-17-21-28-29-22(23(2,26)27)30(21)15-9-8-12(24)10-14(15)20(34-17)13-6-5-7-16(32-3)19(13)25/h5-10,17,20H,4,11H2,1-3H3/t17-,20-/m1/s1. The largest absolute Gasteiger partial charge is 0.495 e. The molecule has 1 aromatic heterocycles. The maximum atomic E-state index is 14.6. The second-order valence-corrected chi connectivity index (χ2v) is 8.98. The lowest BCUT2D eigenvalue weighted by molar-refractivity contribution is -0.147. The van der Waals surface area contributed by atoms with Gasteiger partial charge in [-0.1, -0.05) is 39.7 Å². The highest BCUT2D eigenvalue weighted by Crippen LogP contribution is 2.46. The van der Waals surface area contributed by atoms with Crippen molar-refractivity contribution in [2.75, 3.05) is 13.7 Å². The van der Waals surface area contributed by atoms with Gasteiger partial charge in [0.05, 0.1) is 30.8 Å². The quantitative estimate of drug-likeness (QED) is 0.351. The van der Waals surface area contributed by atoms with Crippen molar-refractivity contribution in [3.63, 3.8) is 0 Å². The van der Waals surface area contributed by atoms with Crippen molar-refractivity contribution in [2.24, 2.45) is 0 Å². The number of carbonyl (C=O) groups is 1. The zero-order valence-corrected chi connectivity index (χ0v) is 20.9. The topological polar surface area (TPSA) is 75.5 Å². The Morgan fingerprint density at radius 2 is 2.03 bits per heavy atom. The lowest BCUT2D eigenvalue weighted by Gasteiger charge is -2.24. The summed E-state index contributed by atoms with van der Waals surface area (Å²) in [5, 5.41) is 8.07. The highest BCUT2D eigenvalue weighted by atomic mass is 79.9. The van der Waals surface area contributed by atoms with Gasteiger partial charge in [0.1, 0.15) is 18.0 Å². The fraction of sp³-hybridized carbons (Fsp3) is 0.348. The maximum absolute atomic E-state index is 14.6. The number of rotatable bonds is 6. The van der Waals surface area contributed by atoms with Crippen LogP contribution in [0.3, 0.4) is 0 Å². The van der Waals surface area contributed by atoms with Crippen LogP contribution in [-0.4, -0.2) is 34.5 Å². The molecule has 1 aliphatic heterocycles. The number of alkyl halides is 2. The first kappa shape index (κ1) is 24.6. The summed E-state index contributed by atoms with van der Waals surface area (Å²) in [6.07, 6.45) is -2.13. The number of halogens is 4. The number of benzene rings is 2. The maximum Gasteiger partial charge on any atom is 0.308 e. The molecule has 0 radical (unpaired) electrons. The number of ether oxygens (including phenoxy) is 3. The van der Waals surface area contributed by atoms with Crippen molar-refractivity contribution >= 4 is 33.5 Å². The predicted molar refractivity (Wildman–Crippen MR) is 124 cm³/mol. The first-order valence-corrected chi connectivity index (χ1v) is 11.6. The Bertz CT molecular complexity index is 1230. The third kappa shape index (κ3) is 4.54. The van der Waals surface area contributed by atoms with Crippen LogP contribution >= 0.6 is 27.5 Å². The van der Waals surface area contributed by atoms with E-state index in [1.807, 2.05) is 0 Å². The number of fused-ring (bicyclic) bond motifs is 3. The number of nitrogens with zero attached hydrogens (tertiary/aromatic N) is 3. The van der Waals surface area contributed by atoms with Crippen molar-refractivity contribution in [2.45, 2.75) is 38.4 Å². The summed E-state index contributed by atoms with van der Waals surface area (Å²) in [4.78, 5) is 12.4. The summed E-state index contributed by atoms with van der Waals surface area (Å²) >= 11 is 10.1. The van der Waals surface area contributed by atoms with Crippen molar-refractivity contribution in [1.82, 2.24) is 14.8 Å². The average Bonchev–Trinajstić information content (AvgIpc) is 3.18. The predicted octanol–water partition coefficient (Wildman–Crippen LogP) is 5.92. The van der Waals surface area contributed by atoms with Crippen molar-refractivity contribution in [1.29, 1.82) is 0 Å². The van der Waals surface area contributed by atoms with Crippen molar-refractivity contribution in [3.8, 4) is 11.4 Å². The second-order valence-electron chi connectivity index (χ2n) is 7.69. The number of hydrogen-bond donors (Lipinski definition) is 0. The van der Waals surface area contributed by atoms with E-state index in [1.54, 1.807) is 43.3 Å². The van der Waals surface area contributed by atoms with E-state index in [2.05, 4.69) is 26.1 Å². The molecule has 0 N–H and O–H groups in total. The molecule has 2 heterocycles. The molecule has 0 unspecified atom stereocenters. The van der Waals surface area contributed by atoms with Gasteiger partial charge in [-0.15, -0.1) is 10.2 Å². The van der Waals surface area contributed by atoms with Gasteiger partial charge in [0.25, 0.3) is 0 Å². The summed E-state index contributed by atoms with van der Waals surface area (Å²) in [5.74, 6) is -3.95. The van der Waals surface area contributed by atoms with Crippen molar-refractivity contribution in [3.05, 3.63) is 68.7 Å². The van der Waals surface area contributed by atoms with Crippen molar-refractivity contribution < 1.29 is 27.8 Å². The van der Waals surface area contributed by atoms with Crippen LogP contribution in [0.25, 0.3) is 5.69 Å². The van der Waals surface area contributed by atoms with Crippen LogP contribution in [0, 0.1) is 0 Å². The molecule has 0 fully saturated rings. The molecule has 0 bridgehead atoms. The van der Waals surface area contributed by atoms with Gasteiger partial charge in [-0.25, -0.2) is 0 Å². The number of aromatic nitrogens is 3. The third-order valence-electron chi connectivity index (χ3n) is 5.33. The lowest BCUT2D eigenvalue weighted by atomic mass is 9.99. The van der Waals surface area contributed by atoms with E-state index in [1.165, 1.54) is 11.7 Å². The monoisotopic (exact) mass is 555 g/mol. The van der Waals surface area contributed by atoms with Gasteiger partial charge in [-0.05, 0) is 31.2 Å². The molecule has 0 saturated carbocycles. The molecule has 3 aromatic rings. The van der Waals surface area contributed by atoms with Gasteiger partial charge in [0, 0.05) is 22.5 Å². The van der Waals surface area contributed by atoms with Gasteiger partial charge in [-0.3, -0.25) is 9.36 Å². The molecular weight excluding hydrogens is 536 g/mol. The highest BCUT2D eigenvalue weighted by molar-refractivity contribution is 9.10. The molecule has 0 spiro atoms. The van der Waals surface area contributed by atoms with Crippen LogP contribution in [0.5, 0.6) is 5.75 Å². The average molecular weight is 557 g/mol. The first-order valence-electron chi connectivity index (χ1n) is 10.4. The van der Waals surface area contributed by atoms with Crippen LogP contribution in [0.15, 0.2) is 40.9 Å². The minimum atomic E-state index is -3.31. The van der Waals surface area contributed by atoms with Gasteiger partial charge >= 0.3 is 11.9 Å². The molecule has 2 atom stereocenters. The fourth-order valence-electron chi connectivity index (χ4n) is 3.90. The molecular formula is C23H21BrClF2N3O4. The summed E-state index contributed by atoms with van der Waals surface area (Å²) in [6.45, 7) is 2.58. The number of esters is 1. The molecule has 11 heteroatoms. The molecule has 7 nitrogen and oxygen atoms in total. The van der Waals surface area contributed by atoms with Crippen LogP contribution in [0.4, 0.5) is 8.78 Å². The number of hydrogen-bond acceptors (Lipinski definition) is 6. The Hall–Kier alpha value is -2.56. The number of carbonyl (C=O) groups excluding carboxylic acids is 1. The Labute approximate surface area is 208 Å². The molecule has 2 aromatic carbocycles. The molecule has 34 heavy (non-hydrogen) atoms. The zero-order valence-electron chi connectivity index (χ0n) is 18.5. The van der Waals surface area contributed by atoms with E-state index >= 15 is 0 Å². The molecule has 0 saturated heterocycles. The minimum Gasteiger partial charge on any atom is -0.495 e. The Balaban J connectivity index is 1.98. The van der Waals surface area contributed by atoms with Crippen LogP contribution < -0.4 is 4.74 Å². The van der Waals surface area contributed by atoms with E-state index in [0.717, 1.165) is 6.92 Å². The lowest BCUT2D eigenvalue weighted by Crippen LogP contribution is -2.19. The summed E-state index contributed by atoms with van der Waals surface area (Å²) in [6, 6.07) is 10.3. The second kappa shape index (κ2) is 9.59. The van der Waals surface area contributed by atoms with E-state index in [0.29, 0.717) is 32.1 Å². The third-order valence-corrected chi connectivity index (χ3v) is 6.23. The smallest absolute Gasteiger partial charge is 0.308 e. The SMILES string of the molecule is CCOC(=O)C[C@H]1O[C@H](c2cccc(OC)c2Cl)c2cc(Br)ccc2-n2c1nnc2C(C)(F)F. The summed E-state index contributed by atoms with van der Waals surface area (Å²) in [7, 11) is 1.49. The van der Waals surface area contributed by atoms with Gasteiger partial charge < -0.3 is 14.2 Å². The Morgan fingerprint density at radius 1 is 1.26 bits per heavy atom. The fourth-order valence-corrected chi connectivity index (χ4v) is 4.58. The Kier molecular flexibility index (Phi) is 6.93. The van der Waals surface area contributed by atoms with E-state index in [4.69, 9.17) is 25.8 Å². The molecule has 180 valence electrons.